The lowest BCUT2D eigenvalue weighted by atomic mass is 10.2. The van der Waals surface area contributed by atoms with Crippen LogP contribution in [0.2, 0.25) is 0 Å². The largest absolute Gasteiger partial charge is 0.311 e. The van der Waals surface area contributed by atoms with Crippen molar-refractivity contribution in [2.75, 3.05) is 12.3 Å². The van der Waals surface area contributed by atoms with Crippen LogP contribution in [0.4, 0.5) is 4.39 Å². The molecular formula is C8H16FNO2S. The molecule has 1 rings (SSSR count). The third-order valence-corrected chi connectivity index (χ3v) is 2.95. The minimum atomic E-state index is -2.01. The summed E-state index contributed by atoms with van der Waals surface area (Å²) in [6, 6.07) is 0.422. The van der Waals surface area contributed by atoms with Gasteiger partial charge in [-0.15, -0.1) is 0 Å². The molecule has 0 aliphatic heterocycles. The summed E-state index contributed by atoms with van der Waals surface area (Å²) in [6.07, 6.45) is 3.43. The fraction of sp³-hybridized carbons (Fsp3) is 1.00. The summed E-state index contributed by atoms with van der Waals surface area (Å²) in [5, 5.41) is 3.07. The van der Waals surface area contributed by atoms with E-state index in [1.54, 1.807) is 0 Å². The summed E-state index contributed by atoms with van der Waals surface area (Å²) in [4.78, 5) is 0. The average Bonchev–Trinajstić information content (AvgIpc) is 2.51. The summed E-state index contributed by atoms with van der Waals surface area (Å²) in [6.45, 7) is 0.205. The molecule has 0 saturated heterocycles. The smallest absolute Gasteiger partial charge is 0.155 e. The Labute approximate surface area is 80.4 Å². The van der Waals surface area contributed by atoms with Gasteiger partial charge in [0.05, 0.1) is 5.75 Å². The first kappa shape index (κ1) is 11.1. The van der Waals surface area contributed by atoms with Crippen LogP contribution in [0, 0.1) is 0 Å². The molecule has 0 spiro atoms. The van der Waals surface area contributed by atoms with Gasteiger partial charge in [-0.3, -0.25) is 0 Å². The maximum absolute atomic E-state index is 12.9. The van der Waals surface area contributed by atoms with E-state index >= 15 is 0 Å². The number of alkyl halides is 1. The van der Waals surface area contributed by atoms with Crippen LogP contribution in [0.25, 0.3) is 0 Å². The van der Waals surface area contributed by atoms with Crippen molar-refractivity contribution in [1.82, 2.24) is 5.32 Å². The van der Waals surface area contributed by atoms with Crippen molar-refractivity contribution in [3.8, 4) is 0 Å². The van der Waals surface area contributed by atoms with E-state index < -0.39 is 17.3 Å². The molecule has 1 unspecified atom stereocenters. The van der Waals surface area contributed by atoms with Crippen LogP contribution in [0.15, 0.2) is 0 Å². The summed E-state index contributed by atoms with van der Waals surface area (Å²) in [5.41, 5.74) is 0. The van der Waals surface area contributed by atoms with Crippen molar-refractivity contribution in [2.24, 2.45) is 0 Å². The van der Waals surface area contributed by atoms with Crippen LogP contribution in [0.3, 0.4) is 0 Å². The van der Waals surface area contributed by atoms with Gasteiger partial charge in [-0.25, -0.2) is 8.60 Å². The molecule has 1 saturated carbocycles. The van der Waals surface area contributed by atoms with Crippen molar-refractivity contribution in [2.45, 2.75) is 37.9 Å². The highest BCUT2D eigenvalue weighted by Gasteiger charge is 2.16. The summed E-state index contributed by atoms with van der Waals surface area (Å²) >= 11 is -2.01. The van der Waals surface area contributed by atoms with Gasteiger partial charge in [0.25, 0.3) is 0 Å². The maximum atomic E-state index is 12.9. The van der Waals surface area contributed by atoms with E-state index in [4.69, 9.17) is 4.55 Å². The molecule has 3 nitrogen and oxygen atoms in total. The van der Waals surface area contributed by atoms with E-state index in [-0.39, 0.29) is 12.3 Å². The molecule has 0 aromatic carbocycles. The molecule has 0 aromatic heterocycles. The fourth-order valence-electron chi connectivity index (χ4n) is 1.64. The summed E-state index contributed by atoms with van der Waals surface area (Å²) < 4.78 is 31.6. The van der Waals surface area contributed by atoms with Gasteiger partial charge in [0, 0.05) is 12.6 Å². The van der Waals surface area contributed by atoms with Crippen LogP contribution >= 0.6 is 0 Å². The van der Waals surface area contributed by atoms with Crippen LogP contribution in [-0.2, 0) is 11.1 Å². The second kappa shape index (κ2) is 5.67. The minimum Gasteiger partial charge on any atom is -0.311 e. The molecular weight excluding hydrogens is 193 g/mol. The number of halogens is 1. The highest BCUT2D eigenvalue weighted by atomic mass is 32.2. The van der Waals surface area contributed by atoms with E-state index in [2.05, 4.69) is 5.32 Å². The monoisotopic (exact) mass is 209 g/mol. The lowest BCUT2D eigenvalue weighted by molar-refractivity contribution is 0.328. The molecule has 2 atom stereocenters. The van der Waals surface area contributed by atoms with E-state index in [0.29, 0.717) is 6.04 Å². The molecule has 0 radical (unpaired) electrons. The Kier molecular flexibility index (Phi) is 4.83. The van der Waals surface area contributed by atoms with Gasteiger partial charge >= 0.3 is 0 Å². The van der Waals surface area contributed by atoms with E-state index in [9.17, 15) is 8.60 Å². The second-order valence-corrected chi connectivity index (χ2v) is 4.45. The molecule has 0 aromatic rings. The van der Waals surface area contributed by atoms with E-state index in [1.165, 1.54) is 12.8 Å². The third kappa shape index (κ3) is 4.69. The highest BCUT2D eigenvalue weighted by molar-refractivity contribution is 7.79. The molecule has 13 heavy (non-hydrogen) atoms. The quantitative estimate of drug-likeness (QED) is 0.666. The zero-order valence-electron chi connectivity index (χ0n) is 7.54. The molecule has 78 valence electrons. The van der Waals surface area contributed by atoms with Gasteiger partial charge in [0.15, 0.2) is 11.1 Å². The molecule has 1 aliphatic rings. The van der Waals surface area contributed by atoms with Crippen LogP contribution in [0.5, 0.6) is 0 Å². The van der Waals surface area contributed by atoms with Crippen molar-refractivity contribution >= 4 is 11.1 Å². The Bertz CT molecular complexity index is 174. The molecule has 1 fully saturated rings. The van der Waals surface area contributed by atoms with Gasteiger partial charge in [-0.1, -0.05) is 12.8 Å². The summed E-state index contributed by atoms with van der Waals surface area (Å²) in [7, 11) is 0. The maximum Gasteiger partial charge on any atom is 0.155 e. The molecule has 2 N–H and O–H groups in total. The number of hydrogen-bond donors (Lipinski definition) is 2. The number of rotatable bonds is 5. The van der Waals surface area contributed by atoms with Gasteiger partial charge in [-0.2, -0.15) is 0 Å². The molecule has 0 bridgehead atoms. The Morgan fingerprint density at radius 2 is 2.15 bits per heavy atom. The minimum absolute atomic E-state index is 0.205. The highest BCUT2D eigenvalue weighted by Crippen LogP contribution is 2.17. The Hall–Kier alpha value is -0.0000000000000000486. The zero-order valence-corrected chi connectivity index (χ0v) is 8.36. The van der Waals surface area contributed by atoms with Crippen molar-refractivity contribution < 1.29 is 13.2 Å². The SMILES string of the molecule is O=S(O)C[C@@H](F)CNC1CCCC1. The second-order valence-electron chi connectivity index (χ2n) is 3.48. The van der Waals surface area contributed by atoms with Gasteiger partial charge in [-0.05, 0) is 12.8 Å². The first-order valence-corrected chi connectivity index (χ1v) is 5.91. The summed E-state index contributed by atoms with van der Waals surface area (Å²) in [5.74, 6) is -0.278. The lowest BCUT2D eigenvalue weighted by Crippen LogP contribution is -2.34. The fourth-order valence-corrected chi connectivity index (χ4v) is 2.07. The predicted octanol–water partition coefficient (Wildman–Crippen LogP) is 1.08. The van der Waals surface area contributed by atoms with Crippen molar-refractivity contribution in [3.05, 3.63) is 0 Å². The van der Waals surface area contributed by atoms with Crippen LogP contribution < -0.4 is 5.32 Å². The van der Waals surface area contributed by atoms with Crippen LogP contribution in [-0.4, -0.2) is 33.3 Å². The normalized spacial score (nSPS) is 23.2. The first-order chi connectivity index (χ1) is 6.18. The van der Waals surface area contributed by atoms with Crippen molar-refractivity contribution in [3.63, 3.8) is 0 Å². The molecule has 0 amide bonds. The average molecular weight is 209 g/mol. The topological polar surface area (TPSA) is 49.3 Å². The van der Waals surface area contributed by atoms with Gasteiger partial charge < -0.3 is 9.87 Å². The third-order valence-electron chi connectivity index (χ3n) is 2.31. The van der Waals surface area contributed by atoms with Crippen molar-refractivity contribution in [1.29, 1.82) is 0 Å². The first-order valence-electron chi connectivity index (χ1n) is 4.63. The van der Waals surface area contributed by atoms with Crippen LogP contribution in [0.1, 0.15) is 25.7 Å². The predicted molar refractivity (Wildman–Crippen MR) is 50.8 cm³/mol. The molecule has 5 heteroatoms. The number of hydrogen-bond acceptors (Lipinski definition) is 2. The van der Waals surface area contributed by atoms with Gasteiger partial charge in [0.1, 0.15) is 6.17 Å². The van der Waals surface area contributed by atoms with E-state index in [1.807, 2.05) is 0 Å². The lowest BCUT2D eigenvalue weighted by Gasteiger charge is -2.13. The molecule has 0 heterocycles. The Balaban J connectivity index is 2.06. The number of nitrogens with one attached hydrogen (secondary N) is 1. The van der Waals surface area contributed by atoms with E-state index in [0.717, 1.165) is 12.8 Å². The Morgan fingerprint density at radius 1 is 1.54 bits per heavy atom. The Morgan fingerprint density at radius 3 is 2.69 bits per heavy atom. The standard InChI is InChI=1S/C8H16FNO2S/c9-7(6-13(11)12)5-10-8-3-1-2-4-8/h7-8,10H,1-6H2,(H,11,12)/t7-/m0/s1. The molecule has 1 aliphatic carbocycles. The zero-order chi connectivity index (χ0) is 9.68. The van der Waals surface area contributed by atoms with Gasteiger partial charge in [0.2, 0.25) is 0 Å².